The van der Waals surface area contributed by atoms with Crippen LogP contribution in [0.4, 0.5) is 0 Å². The fourth-order valence-electron chi connectivity index (χ4n) is 1.26. The summed E-state index contributed by atoms with van der Waals surface area (Å²) in [5, 5.41) is 0. The summed E-state index contributed by atoms with van der Waals surface area (Å²) >= 11 is 11.2. The van der Waals surface area contributed by atoms with Crippen LogP contribution in [-0.2, 0) is 4.74 Å². The average Bonchev–Trinajstić information content (AvgIpc) is 2.11. The molecule has 0 aromatic carbocycles. The molecular weight excluding hydrogens is 207 g/mol. The second-order valence-electron chi connectivity index (χ2n) is 3.42. The maximum absolute atomic E-state index is 5.74. The highest BCUT2D eigenvalue weighted by atomic mass is 35.5. The normalized spacial score (nSPS) is 15.7. The van der Waals surface area contributed by atoms with Gasteiger partial charge in [-0.2, -0.15) is 0 Å². The maximum Gasteiger partial charge on any atom is 0.0551 e. The number of alkyl halides is 2. The van der Waals surface area contributed by atoms with E-state index in [1.54, 1.807) is 0 Å². The molecule has 1 nitrogen and oxygen atoms in total. The van der Waals surface area contributed by atoms with Crippen LogP contribution >= 0.6 is 23.2 Å². The van der Waals surface area contributed by atoms with E-state index in [4.69, 9.17) is 27.9 Å². The molecule has 0 N–H and O–H groups in total. The molecule has 0 saturated carbocycles. The van der Waals surface area contributed by atoms with Gasteiger partial charge in [0.1, 0.15) is 0 Å². The third-order valence-corrected chi connectivity index (χ3v) is 2.49. The van der Waals surface area contributed by atoms with Crippen LogP contribution in [0.1, 0.15) is 39.5 Å². The lowest BCUT2D eigenvalue weighted by molar-refractivity contribution is -0.000294. The van der Waals surface area contributed by atoms with Crippen molar-refractivity contribution in [2.24, 2.45) is 0 Å². The van der Waals surface area contributed by atoms with E-state index in [1.807, 2.05) is 0 Å². The summed E-state index contributed by atoms with van der Waals surface area (Å²) in [5.74, 6) is 1.45. The van der Waals surface area contributed by atoms with Gasteiger partial charge in [-0.3, -0.25) is 0 Å². The Bertz CT molecular complexity index is 97.1. The molecule has 3 heteroatoms. The Balaban J connectivity index is 3.35. The van der Waals surface area contributed by atoms with Crippen molar-refractivity contribution in [3.05, 3.63) is 0 Å². The van der Waals surface area contributed by atoms with E-state index in [0.717, 1.165) is 37.4 Å². The van der Waals surface area contributed by atoms with Gasteiger partial charge in [0, 0.05) is 11.8 Å². The number of halogens is 2. The van der Waals surface area contributed by atoms with Gasteiger partial charge >= 0.3 is 0 Å². The zero-order chi connectivity index (χ0) is 10.1. The maximum atomic E-state index is 5.74. The molecule has 0 aromatic rings. The van der Waals surface area contributed by atoms with Crippen molar-refractivity contribution < 1.29 is 4.74 Å². The first-order chi connectivity index (χ1) is 6.20. The van der Waals surface area contributed by atoms with Crippen molar-refractivity contribution >= 4 is 23.2 Å². The van der Waals surface area contributed by atoms with E-state index in [9.17, 15) is 0 Å². The Hall–Kier alpha value is 0.540. The van der Waals surface area contributed by atoms with Crippen LogP contribution in [-0.4, -0.2) is 24.0 Å². The van der Waals surface area contributed by atoms with Gasteiger partial charge in [0.15, 0.2) is 0 Å². The molecule has 2 atom stereocenters. The minimum Gasteiger partial charge on any atom is -0.376 e. The Kier molecular flexibility index (Phi) is 9.49. The predicted octanol–water partition coefficient (Wildman–Crippen LogP) is 3.82. The molecule has 0 aromatic heterocycles. The molecule has 0 spiro atoms. The number of hydrogen-bond donors (Lipinski definition) is 0. The first kappa shape index (κ1) is 13.5. The summed E-state index contributed by atoms with van der Waals surface area (Å²) in [6.07, 6.45) is 4.81. The molecule has 80 valence electrons. The number of rotatable bonds is 8. The van der Waals surface area contributed by atoms with Crippen LogP contribution < -0.4 is 0 Å². The lowest BCUT2D eigenvalue weighted by Gasteiger charge is -2.18. The molecule has 0 aliphatic heterocycles. The van der Waals surface area contributed by atoms with Gasteiger partial charge in [0.2, 0.25) is 0 Å². The smallest absolute Gasteiger partial charge is 0.0551 e. The Labute approximate surface area is 91.7 Å². The summed E-state index contributed by atoms with van der Waals surface area (Å²) in [7, 11) is 0. The van der Waals surface area contributed by atoms with Crippen LogP contribution in [0.5, 0.6) is 0 Å². The first-order valence-electron chi connectivity index (χ1n) is 4.98. The van der Waals surface area contributed by atoms with Gasteiger partial charge in [-0.25, -0.2) is 0 Å². The monoisotopic (exact) mass is 226 g/mol. The van der Waals surface area contributed by atoms with Crippen molar-refractivity contribution in [3.63, 3.8) is 0 Å². The minimum absolute atomic E-state index is 0.323. The topological polar surface area (TPSA) is 9.23 Å². The highest BCUT2D eigenvalue weighted by Gasteiger charge is 2.07. The van der Waals surface area contributed by atoms with Crippen LogP contribution in [0.25, 0.3) is 0 Å². The lowest BCUT2D eigenvalue weighted by atomic mass is 10.2. The van der Waals surface area contributed by atoms with Gasteiger partial charge in [-0.15, -0.1) is 23.2 Å². The highest BCUT2D eigenvalue weighted by molar-refractivity contribution is 6.18. The molecular formula is C10H20Cl2O. The second-order valence-corrected chi connectivity index (χ2v) is 4.18. The summed E-state index contributed by atoms with van der Waals surface area (Å²) in [5.41, 5.74) is 0. The Morgan fingerprint density at radius 1 is 0.923 bits per heavy atom. The summed E-state index contributed by atoms with van der Waals surface area (Å²) in [6.45, 7) is 4.20. The Morgan fingerprint density at radius 3 is 1.62 bits per heavy atom. The van der Waals surface area contributed by atoms with Crippen LogP contribution in [0.3, 0.4) is 0 Å². The zero-order valence-corrected chi connectivity index (χ0v) is 10.1. The van der Waals surface area contributed by atoms with Crippen molar-refractivity contribution in [1.29, 1.82) is 0 Å². The van der Waals surface area contributed by atoms with Gasteiger partial charge in [-0.1, -0.05) is 0 Å². The number of hydrogen-bond acceptors (Lipinski definition) is 1. The first-order valence-corrected chi connectivity index (χ1v) is 6.05. The predicted molar refractivity (Wildman–Crippen MR) is 59.9 cm³/mol. The van der Waals surface area contributed by atoms with E-state index in [0.29, 0.717) is 12.2 Å². The molecule has 0 rings (SSSR count). The van der Waals surface area contributed by atoms with Crippen molar-refractivity contribution in [1.82, 2.24) is 0 Å². The largest absolute Gasteiger partial charge is 0.376 e. The SMILES string of the molecule is CC(CCCCl)OC(C)CCCCl. The van der Waals surface area contributed by atoms with Gasteiger partial charge in [-0.05, 0) is 39.5 Å². The molecule has 0 heterocycles. The van der Waals surface area contributed by atoms with Crippen molar-refractivity contribution in [3.8, 4) is 0 Å². The van der Waals surface area contributed by atoms with E-state index in [2.05, 4.69) is 13.8 Å². The van der Waals surface area contributed by atoms with E-state index in [-0.39, 0.29) is 0 Å². The van der Waals surface area contributed by atoms with Crippen molar-refractivity contribution in [2.75, 3.05) is 11.8 Å². The molecule has 0 aliphatic rings. The number of ether oxygens (including phenoxy) is 1. The third kappa shape index (κ3) is 8.86. The molecule has 0 bridgehead atoms. The molecule has 0 radical (unpaired) electrons. The third-order valence-electron chi connectivity index (χ3n) is 1.95. The van der Waals surface area contributed by atoms with Gasteiger partial charge in [0.25, 0.3) is 0 Å². The van der Waals surface area contributed by atoms with Crippen LogP contribution in [0, 0.1) is 0 Å². The minimum atomic E-state index is 0.323. The van der Waals surface area contributed by atoms with E-state index in [1.165, 1.54) is 0 Å². The summed E-state index contributed by atoms with van der Waals surface area (Å²) in [4.78, 5) is 0. The molecule has 13 heavy (non-hydrogen) atoms. The lowest BCUT2D eigenvalue weighted by Crippen LogP contribution is -2.17. The van der Waals surface area contributed by atoms with E-state index >= 15 is 0 Å². The van der Waals surface area contributed by atoms with Crippen molar-refractivity contribution in [2.45, 2.75) is 51.7 Å². The standard InChI is InChI=1S/C10H20Cl2O/c1-9(5-3-7-11)13-10(2)6-4-8-12/h9-10H,3-8H2,1-2H3. The fourth-order valence-corrected chi connectivity index (χ4v) is 1.57. The highest BCUT2D eigenvalue weighted by Crippen LogP contribution is 2.09. The van der Waals surface area contributed by atoms with Crippen LogP contribution in [0.2, 0.25) is 0 Å². The molecule has 2 unspecified atom stereocenters. The van der Waals surface area contributed by atoms with Crippen LogP contribution in [0.15, 0.2) is 0 Å². The second kappa shape index (κ2) is 9.11. The quantitative estimate of drug-likeness (QED) is 0.573. The molecule has 0 amide bonds. The van der Waals surface area contributed by atoms with Gasteiger partial charge in [0.05, 0.1) is 12.2 Å². The summed E-state index contributed by atoms with van der Waals surface area (Å²) in [6, 6.07) is 0. The van der Waals surface area contributed by atoms with Gasteiger partial charge < -0.3 is 4.74 Å². The summed E-state index contributed by atoms with van der Waals surface area (Å²) < 4.78 is 5.74. The molecule has 0 aliphatic carbocycles. The average molecular weight is 227 g/mol. The zero-order valence-electron chi connectivity index (χ0n) is 8.56. The fraction of sp³-hybridized carbons (Fsp3) is 1.00. The van der Waals surface area contributed by atoms with E-state index < -0.39 is 0 Å². The molecule has 0 saturated heterocycles. The molecule has 0 fully saturated rings. The Morgan fingerprint density at radius 2 is 1.31 bits per heavy atom.